The Morgan fingerprint density at radius 3 is 2.46 bits per heavy atom. The number of aromatic nitrogens is 2. The molecule has 35 heavy (non-hydrogen) atoms. The van der Waals surface area contributed by atoms with E-state index in [0.717, 1.165) is 27.5 Å². The highest BCUT2D eigenvalue weighted by atomic mass is 79.9. The molecular weight excluding hydrogens is 556 g/mol. The molecule has 3 aromatic carbocycles. The van der Waals surface area contributed by atoms with Gasteiger partial charge in [0.2, 0.25) is 0 Å². The number of ether oxygens (including phenoxy) is 1. The first kappa shape index (κ1) is 25.2. The molecule has 4 aromatic rings. The molecule has 5 nitrogen and oxygen atoms in total. The maximum atomic E-state index is 14.1. The summed E-state index contributed by atoms with van der Waals surface area (Å²) < 4.78 is 22.0. The molecule has 1 aromatic heterocycles. The summed E-state index contributed by atoms with van der Waals surface area (Å²) in [4.78, 5) is 12.7. The topological polar surface area (TPSA) is 56.1 Å². The van der Waals surface area contributed by atoms with Gasteiger partial charge in [-0.15, -0.1) is 0 Å². The predicted molar refractivity (Wildman–Crippen MR) is 140 cm³/mol. The van der Waals surface area contributed by atoms with Gasteiger partial charge in [0.25, 0.3) is 5.91 Å². The molecule has 0 spiro atoms. The van der Waals surface area contributed by atoms with Gasteiger partial charge in [-0.2, -0.15) is 5.10 Å². The minimum Gasteiger partial charge on any atom is -0.489 e. The van der Waals surface area contributed by atoms with Gasteiger partial charge in [0.05, 0.1) is 11.0 Å². The van der Waals surface area contributed by atoms with Crippen LogP contribution in [-0.2, 0) is 13.2 Å². The highest BCUT2D eigenvalue weighted by Crippen LogP contribution is 2.27. The molecule has 1 heterocycles. The molecule has 180 valence electrons. The van der Waals surface area contributed by atoms with Crippen LogP contribution in [0, 0.1) is 19.7 Å². The fraction of sp³-hybridized carbons (Fsp3) is 0.154. The van der Waals surface area contributed by atoms with E-state index in [1.165, 1.54) is 10.7 Å². The summed E-state index contributed by atoms with van der Waals surface area (Å²) in [5.41, 5.74) is 3.62. The summed E-state index contributed by atoms with van der Waals surface area (Å²) in [6, 6.07) is 15.4. The summed E-state index contributed by atoms with van der Waals surface area (Å²) in [7, 11) is 0. The van der Waals surface area contributed by atoms with Crippen molar-refractivity contribution in [2.24, 2.45) is 0 Å². The minimum atomic E-state index is -0.417. The van der Waals surface area contributed by atoms with E-state index in [1.807, 2.05) is 38.1 Å². The second-order valence-corrected chi connectivity index (χ2v) is 9.67. The van der Waals surface area contributed by atoms with Crippen LogP contribution >= 0.6 is 39.1 Å². The molecule has 1 N–H and O–H groups in total. The van der Waals surface area contributed by atoms with E-state index in [2.05, 4.69) is 26.3 Å². The number of rotatable bonds is 7. The highest BCUT2D eigenvalue weighted by Gasteiger charge is 2.14. The van der Waals surface area contributed by atoms with Crippen molar-refractivity contribution in [1.29, 1.82) is 0 Å². The fourth-order valence-electron chi connectivity index (χ4n) is 3.50. The van der Waals surface area contributed by atoms with Crippen LogP contribution in [-0.4, -0.2) is 15.7 Å². The van der Waals surface area contributed by atoms with Crippen LogP contribution in [0.3, 0.4) is 0 Å². The average Bonchev–Trinajstić information content (AvgIpc) is 3.17. The number of aryl methyl sites for hydroxylation is 2. The number of hydrogen-bond acceptors (Lipinski definition) is 3. The van der Waals surface area contributed by atoms with Gasteiger partial charge < -0.3 is 10.1 Å². The number of anilines is 1. The molecule has 0 unspecified atom stereocenters. The van der Waals surface area contributed by atoms with Crippen LogP contribution in [0.15, 0.2) is 65.3 Å². The number of halogens is 4. The molecule has 9 heteroatoms. The standard InChI is InChI=1S/C26H21BrCl2FN3O2/c1-15-10-19(11-16(2)24(15)29)35-14-17-6-8-18(9-7-17)26(34)31-25-21(27)13-33(32-25)12-20-22(28)4-3-5-23(20)30/h3-11,13H,12,14H2,1-2H3,(H,31,32,34). The second kappa shape index (κ2) is 10.8. The molecule has 0 aliphatic heterocycles. The average molecular weight is 577 g/mol. The second-order valence-electron chi connectivity index (χ2n) is 8.03. The van der Waals surface area contributed by atoms with Crippen molar-refractivity contribution in [2.45, 2.75) is 27.0 Å². The van der Waals surface area contributed by atoms with Crippen LogP contribution in [0.25, 0.3) is 0 Å². The smallest absolute Gasteiger partial charge is 0.256 e. The van der Waals surface area contributed by atoms with E-state index in [9.17, 15) is 9.18 Å². The van der Waals surface area contributed by atoms with Crippen molar-refractivity contribution < 1.29 is 13.9 Å². The molecule has 0 saturated carbocycles. The Kier molecular flexibility index (Phi) is 7.79. The molecule has 4 rings (SSSR count). The monoisotopic (exact) mass is 575 g/mol. The quantitative estimate of drug-likeness (QED) is 0.246. The first-order valence-electron chi connectivity index (χ1n) is 10.7. The van der Waals surface area contributed by atoms with E-state index in [-0.39, 0.29) is 12.5 Å². The highest BCUT2D eigenvalue weighted by molar-refractivity contribution is 9.10. The Hall–Kier alpha value is -2.87. The van der Waals surface area contributed by atoms with Gasteiger partial charge in [0, 0.05) is 27.4 Å². The van der Waals surface area contributed by atoms with Crippen LogP contribution in [0.4, 0.5) is 10.2 Å². The number of nitrogens with one attached hydrogen (secondary N) is 1. The van der Waals surface area contributed by atoms with Crippen LogP contribution in [0.2, 0.25) is 10.0 Å². The minimum absolute atomic E-state index is 0.126. The van der Waals surface area contributed by atoms with Gasteiger partial charge in [-0.25, -0.2) is 4.39 Å². The molecule has 0 atom stereocenters. The van der Waals surface area contributed by atoms with Gasteiger partial charge >= 0.3 is 0 Å². The zero-order valence-corrected chi connectivity index (χ0v) is 22.0. The molecule has 0 bridgehead atoms. The zero-order valence-electron chi connectivity index (χ0n) is 18.9. The number of carbonyl (C=O) groups is 1. The Morgan fingerprint density at radius 2 is 1.80 bits per heavy atom. The molecule has 0 aliphatic carbocycles. The lowest BCUT2D eigenvalue weighted by Gasteiger charge is -2.10. The summed E-state index contributed by atoms with van der Waals surface area (Å²) in [6.45, 7) is 4.36. The Bertz CT molecular complexity index is 1350. The third kappa shape index (κ3) is 6.04. The first-order chi connectivity index (χ1) is 16.7. The summed E-state index contributed by atoms with van der Waals surface area (Å²) >= 11 is 15.7. The lowest BCUT2D eigenvalue weighted by atomic mass is 10.1. The lowest BCUT2D eigenvalue weighted by Crippen LogP contribution is -2.13. The molecule has 0 saturated heterocycles. The van der Waals surface area contributed by atoms with Crippen LogP contribution in [0.5, 0.6) is 5.75 Å². The summed E-state index contributed by atoms with van der Waals surface area (Å²) in [6.07, 6.45) is 1.65. The maximum absolute atomic E-state index is 14.1. The zero-order chi connectivity index (χ0) is 25.1. The first-order valence-corrected chi connectivity index (χ1v) is 12.2. The van der Waals surface area contributed by atoms with E-state index in [4.69, 9.17) is 27.9 Å². The number of nitrogens with zero attached hydrogens (tertiary/aromatic N) is 2. The maximum Gasteiger partial charge on any atom is 0.256 e. The van der Waals surface area contributed by atoms with E-state index >= 15 is 0 Å². The number of carbonyl (C=O) groups excluding carboxylic acids is 1. The van der Waals surface area contributed by atoms with Crippen LogP contribution < -0.4 is 10.1 Å². The number of benzene rings is 3. The van der Waals surface area contributed by atoms with Crippen molar-refractivity contribution >= 4 is 50.9 Å². The molecular formula is C26H21BrCl2FN3O2. The summed E-state index contributed by atoms with van der Waals surface area (Å²) in [5, 5.41) is 8.15. The van der Waals surface area contributed by atoms with Crippen molar-refractivity contribution in [3.05, 3.63) is 109 Å². The Morgan fingerprint density at radius 1 is 1.11 bits per heavy atom. The van der Waals surface area contributed by atoms with Crippen molar-refractivity contribution in [1.82, 2.24) is 9.78 Å². The third-order valence-corrected chi connectivity index (χ3v) is 6.89. The molecule has 0 radical (unpaired) electrons. The van der Waals surface area contributed by atoms with E-state index in [0.29, 0.717) is 33.0 Å². The normalized spacial score (nSPS) is 10.9. The Labute approximate surface area is 220 Å². The van der Waals surface area contributed by atoms with Crippen molar-refractivity contribution in [3.8, 4) is 5.75 Å². The van der Waals surface area contributed by atoms with Crippen molar-refractivity contribution in [2.75, 3.05) is 5.32 Å². The molecule has 0 aliphatic rings. The summed E-state index contributed by atoms with van der Waals surface area (Å²) in [5.74, 6) is 0.322. The molecule has 1 amide bonds. The number of amides is 1. The third-order valence-electron chi connectivity index (χ3n) is 5.36. The lowest BCUT2D eigenvalue weighted by molar-refractivity contribution is 0.102. The molecule has 0 fully saturated rings. The van der Waals surface area contributed by atoms with E-state index in [1.54, 1.807) is 30.5 Å². The van der Waals surface area contributed by atoms with Gasteiger partial charge in [0.1, 0.15) is 18.2 Å². The van der Waals surface area contributed by atoms with Gasteiger partial charge in [-0.3, -0.25) is 9.48 Å². The van der Waals surface area contributed by atoms with Crippen LogP contribution in [0.1, 0.15) is 32.6 Å². The van der Waals surface area contributed by atoms with Crippen molar-refractivity contribution in [3.63, 3.8) is 0 Å². The van der Waals surface area contributed by atoms with Gasteiger partial charge in [0.15, 0.2) is 5.82 Å². The predicted octanol–water partition coefficient (Wildman–Crippen LogP) is 7.59. The van der Waals surface area contributed by atoms with E-state index < -0.39 is 5.82 Å². The Balaban J connectivity index is 1.39. The largest absolute Gasteiger partial charge is 0.489 e. The van der Waals surface area contributed by atoms with Gasteiger partial charge in [-0.1, -0.05) is 41.4 Å². The number of hydrogen-bond donors (Lipinski definition) is 1. The fourth-order valence-corrected chi connectivity index (χ4v) is 4.24. The SMILES string of the molecule is Cc1cc(OCc2ccc(C(=O)Nc3nn(Cc4c(F)cccc4Cl)cc3Br)cc2)cc(C)c1Cl. The van der Waals surface area contributed by atoms with Gasteiger partial charge in [-0.05, 0) is 82.9 Å².